The van der Waals surface area contributed by atoms with Crippen molar-refractivity contribution in [3.05, 3.63) is 34.7 Å². The summed E-state index contributed by atoms with van der Waals surface area (Å²) in [6, 6.07) is 9.85. The molecule has 0 radical (unpaired) electrons. The van der Waals surface area contributed by atoms with Gasteiger partial charge in [0.1, 0.15) is 0 Å². The van der Waals surface area contributed by atoms with Crippen molar-refractivity contribution in [2.45, 2.75) is 32.4 Å². The lowest BCUT2D eigenvalue weighted by atomic mass is 10.1. The smallest absolute Gasteiger partial charge is 0.0901 e. The van der Waals surface area contributed by atoms with E-state index in [-0.39, 0.29) is 0 Å². The molecule has 3 nitrogen and oxygen atoms in total. The summed E-state index contributed by atoms with van der Waals surface area (Å²) in [7, 11) is 2.19. The number of nitrogens with zero attached hydrogens (tertiary/aromatic N) is 2. The van der Waals surface area contributed by atoms with Crippen LogP contribution in [0.4, 0.5) is 5.69 Å². The molecular formula is C16H21N3S. The van der Waals surface area contributed by atoms with Crippen molar-refractivity contribution in [3.63, 3.8) is 0 Å². The first-order valence-electron chi connectivity index (χ1n) is 7.11. The monoisotopic (exact) mass is 287 g/mol. The van der Waals surface area contributed by atoms with Crippen molar-refractivity contribution < 1.29 is 0 Å². The minimum Gasteiger partial charge on any atom is -0.381 e. The van der Waals surface area contributed by atoms with Gasteiger partial charge in [-0.3, -0.25) is 0 Å². The zero-order valence-corrected chi connectivity index (χ0v) is 13.1. The highest BCUT2D eigenvalue weighted by atomic mass is 32.1. The van der Waals surface area contributed by atoms with Gasteiger partial charge >= 0.3 is 0 Å². The molecule has 0 saturated carbocycles. The SMILES string of the molecule is Cc1nc(-c2ccc(NC3CC(C)N(C)C3)cc2)cs1. The Morgan fingerprint density at radius 3 is 2.60 bits per heavy atom. The molecule has 106 valence electrons. The molecule has 1 aliphatic rings. The van der Waals surface area contributed by atoms with Crippen LogP contribution in [0.25, 0.3) is 11.3 Å². The van der Waals surface area contributed by atoms with E-state index in [4.69, 9.17) is 0 Å². The summed E-state index contributed by atoms with van der Waals surface area (Å²) >= 11 is 1.70. The first kappa shape index (κ1) is 13.6. The molecule has 1 aromatic carbocycles. The lowest BCUT2D eigenvalue weighted by Gasteiger charge is -2.14. The molecule has 1 saturated heterocycles. The summed E-state index contributed by atoms with van der Waals surface area (Å²) < 4.78 is 0. The van der Waals surface area contributed by atoms with Gasteiger partial charge in [-0.15, -0.1) is 11.3 Å². The van der Waals surface area contributed by atoms with Crippen LogP contribution < -0.4 is 5.32 Å². The number of hydrogen-bond donors (Lipinski definition) is 1. The number of likely N-dealkylation sites (N-methyl/N-ethyl adjacent to an activating group) is 1. The molecule has 2 heterocycles. The number of rotatable bonds is 3. The van der Waals surface area contributed by atoms with Crippen LogP contribution in [0, 0.1) is 6.92 Å². The van der Waals surface area contributed by atoms with Gasteiger partial charge in [-0.25, -0.2) is 4.98 Å². The largest absolute Gasteiger partial charge is 0.381 e. The van der Waals surface area contributed by atoms with Crippen LogP contribution in [0.15, 0.2) is 29.6 Å². The fourth-order valence-electron chi connectivity index (χ4n) is 2.77. The number of likely N-dealkylation sites (tertiary alicyclic amines) is 1. The van der Waals surface area contributed by atoms with E-state index in [1.807, 2.05) is 6.92 Å². The Labute approximate surface area is 124 Å². The normalized spacial score (nSPS) is 23.1. The van der Waals surface area contributed by atoms with Gasteiger partial charge < -0.3 is 10.2 Å². The summed E-state index contributed by atoms with van der Waals surface area (Å²) in [6.45, 7) is 5.45. The standard InChI is InChI=1S/C16H21N3S/c1-11-8-15(9-19(11)3)18-14-6-4-13(5-7-14)16-10-20-12(2)17-16/h4-7,10-11,15,18H,8-9H2,1-3H3. The second-order valence-electron chi connectivity index (χ2n) is 5.69. The van der Waals surface area contributed by atoms with Gasteiger partial charge in [0.2, 0.25) is 0 Å². The van der Waals surface area contributed by atoms with Gasteiger partial charge in [0, 0.05) is 35.3 Å². The van der Waals surface area contributed by atoms with Crippen LogP contribution in [0.5, 0.6) is 0 Å². The van der Waals surface area contributed by atoms with E-state index in [1.54, 1.807) is 11.3 Å². The lowest BCUT2D eigenvalue weighted by Crippen LogP contribution is -2.24. The number of thiazole rings is 1. The van der Waals surface area contributed by atoms with Gasteiger partial charge in [0.25, 0.3) is 0 Å². The van der Waals surface area contributed by atoms with Crippen molar-refractivity contribution in [1.82, 2.24) is 9.88 Å². The average molecular weight is 287 g/mol. The highest BCUT2D eigenvalue weighted by Crippen LogP contribution is 2.24. The summed E-state index contributed by atoms with van der Waals surface area (Å²) in [6.07, 6.45) is 1.21. The van der Waals surface area contributed by atoms with Crippen LogP contribution in [0.3, 0.4) is 0 Å². The minimum absolute atomic E-state index is 0.558. The topological polar surface area (TPSA) is 28.2 Å². The van der Waals surface area contributed by atoms with Crippen molar-refractivity contribution in [2.75, 3.05) is 18.9 Å². The van der Waals surface area contributed by atoms with Gasteiger partial charge in [0.05, 0.1) is 10.7 Å². The van der Waals surface area contributed by atoms with Crippen LogP contribution >= 0.6 is 11.3 Å². The lowest BCUT2D eigenvalue weighted by molar-refractivity contribution is 0.330. The van der Waals surface area contributed by atoms with Gasteiger partial charge in [-0.2, -0.15) is 0 Å². The number of benzene rings is 1. The van der Waals surface area contributed by atoms with Gasteiger partial charge in [-0.1, -0.05) is 12.1 Å². The molecule has 20 heavy (non-hydrogen) atoms. The van der Waals surface area contributed by atoms with E-state index in [0.29, 0.717) is 12.1 Å². The molecule has 1 N–H and O–H groups in total. The molecule has 3 rings (SSSR count). The zero-order valence-electron chi connectivity index (χ0n) is 12.3. The third-order valence-corrected chi connectivity index (χ3v) is 4.83. The molecule has 2 atom stereocenters. The van der Waals surface area contributed by atoms with Crippen LogP contribution in [0.2, 0.25) is 0 Å². The van der Waals surface area contributed by atoms with Crippen LogP contribution in [-0.4, -0.2) is 35.6 Å². The van der Waals surface area contributed by atoms with Crippen molar-refractivity contribution in [2.24, 2.45) is 0 Å². The van der Waals surface area contributed by atoms with E-state index >= 15 is 0 Å². The molecule has 1 aliphatic heterocycles. The predicted molar refractivity (Wildman–Crippen MR) is 86.4 cm³/mol. The van der Waals surface area contributed by atoms with E-state index in [2.05, 4.69) is 58.8 Å². The molecule has 1 fully saturated rings. The van der Waals surface area contributed by atoms with Crippen LogP contribution in [0.1, 0.15) is 18.4 Å². The van der Waals surface area contributed by atoms with E-state index in [9.17, 15) is 0 Å². The molecular weight excluding hydrogens is 266 g/mol. The Morgan fingerprint density at radius 2 is 2.05 bits per heavy atom. The van der Waals surface area contributed by atoms with Crippen molar-refractivity contribution >= 4 is 17.0 Å². The Hall–Kier alpha value is -1.39. The highest BCUT2D eigenvalue weighted by Gasteiger charge is 2.25. The summed E-state index contributed by atoms with van der Waals surface area (Å²) in [5.74, 6) is 0. The van der Waals surface area contributed by atoms with Crippen molar-refractivity contribution in [3.8, 4) is 11.3 Å². The number of aromatic nitrogens is 1. The van der Waals surface area contributed by atoms with Crippen molar-refractivity contribution in [1.29, 1.82) is 0 Å². The first-order valence-corrected chi connectivity index (χ1v) is 7.99. The quantitative estimate of drug-likeness (QED) is 0.934. The Balaban J connectivity index is 1.68. The molecule has 0 aliphatic carbocycles. The first-order chi connectivity index (χ1) is 9.61. The summed E-state index contributed by atoms with van der Waals surface area (Å²) in [5, 5.41) is 6.86. The average Bonchev–Trinajstić information content (AvgIpc) is 2.98. The maximum absolute atomic E-state index is 4.53. The number of nitrogens with one attached hydrogen (secondary N) is 1. The van der Waals surface area contributed by atoms with E-state index in [1.165, 1.54) is 17.7 Å². The molecule has 2 unspecified atom stereocenters. The Bertz CT molecular complexity index is 566. The minimum atomic E-state index is 0.558. The predicted octanol–water partition coefficient (Wildman–Crippen LogP) is 3.62. The molecule has 4 heteroatoms. The second kappa shape index (κ2) is 5.54. The third-order valence-electron chi connectivity index (χ3n) is 4.06. The highest BCUT2D eigenvalue weighted by molar-refractivity contribution is 7.09. The molecule has 0 bridgehead atoms. The van der Waals surface area contributed by atoms with Gasteiger partial charge in [0.15, 0.2) is 0 Å². The summed E-state index contributed by atoms with van der Waals surface area (Å²) in [4.78, 5) is 6.93. The molecule has 1 aromatic heterocycles. The molecule has 0 spiro atoms. The van der Waals surface area contributed by atoms with E-state index in [0.717, 1.165) is 17.2 Å². The fourth-order valence-corrected chi connectivity index (χ4v) is 3.39. The maximum Gasteiger partial charge on any atom is 0.0901 e. The number of anilines is 1. The Kier molecular flexibility index (Phi) is 3.76. The number of hydrogen-bond acceptors (Lipinski definition) is 4. The maximum atomic E-state index is 4.53. The zero-order chi connectivity index (χ0) is 14.1. The third kappa shape index (κ3) is 2.86. The fraction of sp³-hybridized carbons (Fsp3) is 0.438. The van der Waals surface area contributed by atoms with E-state index < -0.39 is 0 Å². The summed E-state index contributed by atoms with van der Waals surface area (Å²) in [5.41, 5.74) is 3.47. The molecule has 2 aromatic rings. The van der Waals surface area contributed by atoms with Gasteiger partial charge in [-0.05, 0) is 39.4 Å². The Morgan fingerprint density at radius 1 is 1.30 bits per heavy atom. The second-order valence-corrected chi connectivity index (χ2v) is 6.76. The molecule has 0 amide bonds. The number of aryl methyl sites for hydroxylation is 1. The van der Waals surface area contributed by atoms with Crippen LogP contribution in [-0.2, 0) is 0 Å².